The van der Waals surface area contributed by atoms with Gasteiger partial charge in [-0.15, -0.1) is 0 Å². The summed E-state index contributed by atoms with van der Waals surface area (Å²) >= 11 is 0. The first-order valence-electron chi connectivity index (χ1n) is 5.36. The van der Waals surface area contributed by atoms with Crippen LogP contribution in [0.2, 0.25) is 0 Å². The van der Waals surface area contributed by atoms with Crippen LogP contribution < -0.4 is 0 Å². The molecule has 2 rings (SSSR count). The smallest absolute Gasteiger partial charge is 0.260 e. The second-order valence-electron chi connectivity index (χ2n) is 4.00. The Morgan fingerprint density at radius 1 is 1.18 bits per heavy atom. The number of aryl methyl sites for hydroxylation is 1. The zero-order valence-corrected chi connectivity index (χ0v) is 9.81. The Kier molecular flexibility index (Phi) is 2.91. The van der Waals surface area contributed by atoms with Gasteiger partial charge in [0.1, 0.15) is 0 Å². The van der Waals surface area contributed by atoms with Gasteiger partial charge >= 0.3 is 0 Å². The lowest BCUT2D eigenvalue weighted by Gasteiger charge is -2.12. The van der Waals surface area contributed by atoms with Gasteiger partial charge in [0.2, 0.25) is 6.41 Å². The largest absolute Gasteiger partial charge is 0.284 e. The van der Waals surface area contributed by atoms with Gasteiger partial charge in [-0.1, -0.05) is 30.3 Å². The highest BCUT2D eigenvalue weighted by atomic mass is 16.2. The SMILES string of the molecule is Cc1cccc2cccc(C(=O)N(C)C=O)c12. The molecule has 0 saturated carbocycles. The van der Waals surface area contributed by atoms with Gasteiger partial charge < -0.3 is 0 Å². The number of carbonyl (C=O) groups is 2. The Morgan fingerprint density at radius 3 is 2.47 bits per heavy atom. The van der Waals surface area contributed by atoms with Crippen molar-refractivity contribution in [3.63, 3.8) is 0 Å². The number of nitrogens with zero attached hydrogens (tertiary/aromatic N) is 1. The molecule has 0 heterocycles. The highest BCUT2D eigenvalue weighted by Crippen LogP contribution is 2.23. The number of carbonyl (C=O) groups excluding carboxylic acids is 2. The summed E-state index contributed by atoms with van der Waals surface area (Å²) in [6.45, 7) is 1.96. The van der Waals surface area contributed by atoms with Crippen LogP contribution >= 0.6 is 0 Å². The summed E-state index contributed by atoms with van der Waals surface area (Å²) < 4.78 is 0. The molecule has 3 nitrogen and oxygen atoms in total. The molecule has 0 saturated heterocycles. The van der Waals surface area contributed by atoms with Crippen molar-refractivity contribution in [1.29, 1.82) is 0 Å². The fourth-order valence-corrected chi connectivity index (χ4v) is 1.94. The van der Waals surface area contributed by atoms with Crippen molar-refractivity contribution in [3.05, 3.63) is 47.5 Å². The van der Waals surface area contributed by atoms with Crippen LogP contribution in [0.1, 0.15) is 15.9 Å². The normalized spacial score (nSPS) is 10.2. The summed E-state index contributed by atoms with van der Waals surface area (Å²) in [5.41, 5.74) is 1.60. The van der Waals surface area contributed by atoms with Crippen molar-refractivity contribution in [2.75, 3.05) is 7.05 Å². The van der Waals surface area contributed by atoms with E-state index in [0.717, 1.165) is 21.2 Å². The van der Waals surface area contributed by atoms with Crippen LogP contribution in [-0.2, 0) is 4.79 Å². The first-order valence-corrected chi connectivity index (χ1v) is 5.36. The van der Waals surface area contributed by atoms with E-state index in [-0.39, 0.29) is 5.91 Å². The summed E-state index contributed by atoms with van der Waals surface area (Å²) in [6.07, 6.45) is 0.527. The predicted octanol–water partition coefficient (Wildman–Crippen LogP) is 2.38. The molecule has 0 unspecified atom stereocenters. The standard InChI is InChI=1S/C14H13NO2/c1-10-5-3-6-11-7-4-8-12(13(10)11)14(17)15(2)9-16/h3-9H,1-2H3. The van der Waals surface area contributed by atoms with Crippen LogP contribution in [0, 0.1) is 6.92 Å². The zero-order chi connectivity index (χ0) is 12.4. The molecule has 0 aliphatic carbocycles. The lowest BCUT2D eigenvalue weighted by atomic mass is 9.99. The van der Waals surface area contributed by atoms with Crippen molar-refractivity contribution in [2.24, 2.45) is 0 Å². The predicted molar refractivity (Wildman–Crippen MR) is 66.8 cm³/mol. The summed E-state index contributed by atoms with van der Waals surface area (Å²) in [5, 5.41) is 1.92. The van der Waals surface area contributed by atoms with Gasteiger partial charge in [-0.2, -0.15) is 0 Å². The molecule has 0 bridgehead atoms. The molecule has 0 aromatic heterocycles. The van der Waals surface area contributed by atoms with Crippen LogP contribution in [0.25, 0.3) is 10.8 Å². The highest BCUT2D eigenvalue weighted by Gasteiger charge is 2.14. The van der Waals surface area contributed by atoms with Gasteiger partial charge in [-0.05, 0) is 29.3 Å². The summed E-state index contributed by atoms with van der Waals surface area (Å²) in [7, 11) is 1.46. The number of fused-ring (bicyclic) bond motifs is 1. The number of rotatable bonds is 2. The minimum Gasteiger partial charge on any atom is -0.284 e. The van der Waals surface area contributed by atoms with Crippen LogP contribution in [0.3, 0.4) is 0 Å². The van der Waals surface area contributed by atoms with E-state index in [2.05, 4.69) is 0 Å². The maximum atomic E-state index is 12.0. The van der Waals surface area contributed by atoms with Gasteiger partial charge in [0, 0.05) is 12.6 Å². The molecule has 17 heavy (non-hydrogen) atoms. The van der Waals surface area contributed by atoms with Crippen molar-refractivity contribution >= 4 is 23.1 Å². The van der Waals surface area contributed by atoms with Gasteiger partial charge in [0.25, 0.3) is 5.91 Å². The van der Waals surface area contributed by atoms with Crippen molar-refractivity contribution < 1.29 is 9.59 Å². The third kappa shape index (κ3) is 1.91. The second kappa shape index (κ2) is 4.37. The fourth-order valence-electron chi connectivity index (χ4n) is 1.94. The minimum atomic E-state index is -0.278. The molecule has 0 atom stereocenters. The molecule has 0 spiro atoms. The van der Waals surface area contributed by atoms with E-state index in [1.54, 1.807) is 6.07 Å². The van der Waals surface area contributed by atoms with E-state index >= 15 is 0 Å². The minimum absolute atomic E-state index is 0.278. The molecule has 0 aliphatic rings. The molecule has 2 aromatic rings. The molecule has 0 radical (unpaired) electrons. The van der Waals surface area contributed by atoms with Crippen LogP contribution in [0.5, 0.6) is 0 Å². The summed E-state index contributed by atoms with van der Waals surface area (Å²) in [4.78, 5) is 23.7. The Hall–Kier alpha value is -2.16. The summed E-state index contributed by atoms with van der Waals surface area (Å²) in [6, 6.07) is 11.4. The molecule has 0 aliphatic heterocycles. The van der Waals surface area contributed by atoms with Crippen molar-refractivity contribution in [2.45, 2.75) is 6.92 Å². The summed E-state index contributed by atoms with van der Waals surface area (Å²) in [5.74, 6) is -0.278. The highest BCUT2D eigenvalue weighted by molar-refractivity contribution is 6.10. The molecule has 2 aromatic carbocycles. The Morgan fingerprint density at radius 2 is 1.82 bits per heavy atom. The fraction of sp³-hybridized carbons (Fsp3) is 0.143. The maximum Gasteiger partial charge on any atom is 0.260 e. The first kappa shape index (κ1) is 11.3. The third-order valence-electron chi connectivity index (χ3n) is 2.82. The van der Waals surface area contributed by atoms with E-state index < -0.39 is 0 Å². The molecule has 86 valence electrons. The van der Waals surface area contributed by atoms with Gasteiger partial charge in [-0.3, -0.25) is 14.5 Å². The molecule has 3 heteroatoms. The van der Waals surface area contributed by atoms with E-state index in [4.69, 9.17) is 0 Å². The number of hydrogen-bond donors (Lipinski definition) is 0. The molecule has 0 N–H and O–H groups in total. The Labute approximate surface area is 99.7 Å². The topological polar surface area (TPSA) is 37.4 Å². The van der Waals surface area contributed by atoms with Crippen molar-refractivity contribution in [3.8, 4) is 0 Å². The molecular formula is C14H13NO2. The zero-order valence-electron chi connectivity index (χ0n) is 9.81. The van der Waals surface area contributed by atoms with Gasteiger partial charge in [-0.25, -0.2) is 0 Å². The van der Waals surface area contributed by atoms with Crippen LogP contribution in [0.4, 0.5) is 0 Å². The van der Waals surface area contributed by atoms with Gasteiger partial charge in [0.15, 0.2) is 0 Å². The lowest BCUT2D eigenvalue weighted by molar-refractivity contribution is -0.115. The monoisotopic (exact) mass is 227 g/mol. The quantitative estimate of drug-likeness (QED) is 0.739. The van der Waals surface area contributed by atoms with Crippen LogP contribution in [0.15, 0.2) is 36.4 Å². The van der Waals surface area contributed by atoms with Gasteiger partial charge in [0.05, 0.1) is 0 Å². The Balaban J connectivity index is 2.70. The molecule has 2 amide bonds. The lowest BCUT2D eigenvalue weighted by Crippen LogP contribution is -2.25. The van der Waals surface area contributed by atoms with E-state index in [0.29, 0.717) is 12.0 Å². The maximum absolute atomic E-state index is 12.0. The second-order valence-corrected chi connectivity index (χ2v) is 4.00. The van der Waals surface area contributed by atoms with Crippen molar-refractivity contribution in [1.82, 2.24) is 4.90 Å². The number of amides is 2. The number of imide groups is 1. The third-order valence-corrected chi connectivity index (χ3v) is 2.82. The average molecular weight is 227 g/mol. The van der Waals surface area contributed by atoms with Crippen LogP contribution in [-0.4, -0.2) is 24.3 Å². The average Bonchev–Trinajstić information content (AvgIpc) is 2.36. The Bertz CT molecular complexity index is 585. The van der Waals surface area contributed by atoms with E-state index in [1.165, 1.54) is 7.05 Å². The number of benzene rings is 2. The molecular weight excluding hydrogens is 214 g/mol. The van der Waals surface area contributed by atoms with E-state index in [1.807, 2.05) is 37.3 Å². The number of hydrogen-bond acceptors (Lipinski definition) is 2. The first-order chi connectivity index (χ1) is 8.15. The van der Waals surface area contributed by atoms with E-state index in [9.17, 15) is 9.59 Å². The molecule has 0 fully saturated rings.